The van der Waals surface area contributed by atoms with Crippen LogP contribution in [0.4, 0.5) is 0 Å². The topological polar surface area (TPSA) is 29.1 Å². The molecule has 0 radical (unpaired) electrons. The van der Waals surface area contributed by atoms with Gasteiger partial charge in [0.25, 0.3) is 0 Å². The number of amides is 1. The number of hydrogen-bond acceptors (Lipinski definition) is 2. The Bertz CT molecular complexity index is 213. The van der Waals surface area contributed by atoms with Crippen molar-refractivity contribution in [3.63, 3.8) is 0 Å². The number of carbonyl (C=O) groups is 1. The number of rotatable bonds is 5. The van der Waals surface area contributed by atoms with Crippen molar-refractivity contribution in [3.8, 4) is 0 Å². The average Bonchev–Trinajstić information content (AvgIpc) is 2.20. The smallest absolute Gasteiger partial charge is 0.229 e. The Morgan fingerprint density at radius 3 is 3.07 bits per heavy atom. The monoisotopic (exact) mass is 213 g/mol. The minimum Gasteiger partial charge on any atom is -0.355 e. The van der Waals surface area contributed by atoms with Gasteiger partial charge in [-0.05, 0) is 38.4 Å². The van der Waals surface area contributed by atoms with E-state index in [1.807, 2.05) is 6.26 Å². The van der Waals surface area contributed by atoms with Crippen LogP contribution >= 0.6 is 11.8 Å². The number of allylic oxidation sites excluding steroid dienone is 1. The van der Waals surface area contributed by atoms with E-state index in [1.165, 1.54) is 31.3 Å². The second-order valence-electron chi connectivity index (χ2n) is 3.64. The molecule has 0 atom stereocenters. The van der Waals surface area contributed by atoms with Crippen molar-refractivity contribution in [1.29, 1.82) is 0 Å². The molecule has 0 heterocycles. The zero-order valence-electron chi connectivity index (χ0n) is 8.84. The van der Waals surface area contributed by atoms with Crippen LogP contribution in [0.15, 0.2) is 11.6 Å². The van der Waals surface area contributed by atoms with Crippen LogP contribution in [-0.4, -0.2) is 24.5 Å². The van der Waals surface area contributed by atoms with Gasteiger partial charge in [0.15, 0.2) is 0 Å². The highest BCUT2D eigenvalue weighted by Gasteiger charge is 2.04. The lowest BCUT2D eigenvalue weighted by Gasteiger charge is -2.12. The first-order chi connectivity index (χ1) is 6.83. The molecule has 1 aliphatic rings. The summed E-state index contributed by atoms with van der Waals surface area (Å²) in [4.78, 5) is 11.1. The molecule has 0 saturated heterocycles. The lowest BCUT2D eigenvalue weighted by atomic mass is 9.97. The molecule has 80 valence electrons. The molecule has 3 heteroatoms. The van der Waals surface area contributed by atoms with Gasteiger partial charge in [0.1, 0.15) is 0 Å². The van der Waals surface area contributed by atoms with Gasteiger partial charge in [-0.25, -0.2) is 0 Å². The Morgan fingerprint density at radius 2 is 2.43 bits per heavy atom. The molecule has 0 bridgehead atoms. The van der Waals surface area contributed by atoms with Crippen LogP contribution in [0.5, 0.6) is 0 Å². The maximum absolute atomic E-state index is 11.1. The van der Waals surface area contributed by atoms with E-state index in [0.29, 0.717) is 5.75 Å². The van der Waals surface area contributed by atoms with E-state index in [1.54, 1.807) is 11.8 Å². The Hall–Kier alpha value is -0.440. The maximum Gasteiger partial charge on any atom is 0.229 e. The molecule has 0 unspecified atom stereocenters. The summed E-state index contributed by atoms with van der Waals surface area (Å²) in [6.07, 6.45) is 10.5. The third-order valence-corrected chi connectivity index (χ3v) is 2.98. The molecule has 0 aromatic rings. The first-order valence-corrected chi connectivity index (χ1v) is 6.66. The van der Waals surface area contributed by atoms with Crippen LogP contribution in [-0.2, 0) is 4.79 Å². The highest BCUT2D eigenvalue weighted by atomic mass is 32.2. The summed E-state index contributed by atoms with van der Waals surface area (Å²) < 4.78 is 0. The van der Waals surface area contributed by atoms with Crippen LogP contribution in [0, 0.1) is 0 Å². The van der Waals surface area contributed by atoms with Gasteiger partial charge >= 0.3 is 0 Å². The fourth-order valence-electron chi connectivity index (χ4n) is 1.68. The molecular formula is C11H19NOS. The summed E-state index contributed by atoms with van der Waals surface area (Å²) >= 11 is 1.57. The SMILES string of the molecule is CSCC(=O)NCCC1=CCCCC1. The zero-order valence-corrected chi connectivity index (χ0v) is 9.66. The van der Waals surface area contributed by atoms with Crippen LogP contribution in [0.3, 0.4) is 0 Å². The van der Waals surface area contributed by atoms with Gasteiger partial charge < -0.3 is 5.32 Å². The van der Waals surface area contributed by atoms with Crippen LogP contribution < -0.4 is 5.32 Å². The summed E-state index contributed by atoms with van der Waals surface area (Å²) in [6, 6.07) is 0. The Labute approximate surface area is 90.5 Å². The van der Waals surface area contributed by atoms with Gasteiger partial charge in [-0.3, -0.25) is 4.79 Å². The molecule has 0 spiro atoms. The summed E-state index contributed by atoms with van der Waals surface area (Å²) in [6.45, 7) is 0.811. The first-order valence-electron chi connectivity index (χ1n) is 5.26. The van der Waals surface area contributed by atoms with E-state index in [2.05, 4.69) is 11.4 Å². The number of thioether (sulfide) groups is 1. The fraction of sp³-hybridized carbons (Fsp3) is 0.727. The average molecular weight is 213 g/mol. The van der Waals surface area contributed by atoms with Crippen molar-refractivity contribution >= 4 is 17.7 Å². The molecule has 2 nitrogen and oxygen atoms in total. The van der Waals surface area contributed by atoms with Crippen molar-refractivity contribution in [2.45, 2.75) is 32.1 Å². The third-order valence-electron chi connectivity index (χ3n) is 2.43. The van der Waals surface area contributed by atoms with Crippen molar-refractivity contribution in [3.05, 3.63) is 11.6 Å². The summed E-state index contributed by atoms with van der Waals surface area (Å²) in [5, 5.41) is 2.93. The maximum atomic E-state index is 11.1. The van der Waals surface area contributed by atoms with Gasteiger partial charge in [-0.2, -0.15) is 11.8 Å². The Balaban J connectivity index is 2.08. The first kappa shape index (κ1) is 11.6. The van der Waals surface area contributed by atoms with Crippen molar-refractivity contribution in [2.24, 2.45) is 0 Å². The normalized spacial score (nSPS) is 16.2. The van der Waals surface area contributed by atoms with Gasteiger partial charge in [-0.15, -0.1) is 0 Å². The zero-order chi connectivity index (χ0) is 10.2. The Morgan fingerprint density at radius 1 is 1.57 bits per heavy atom. The minimum absolute atomic E-state index is 0.161. The fourth-order valence-corrected chi connectivity index (χ4v) is 2.04. The van der Waals surface area contributed by atoms with Gasteiger partial charge in [0, 0.05) is 6.54 Å². The molecule has 1 N–H and O–H groups in total. The minimum atomic E-state index is 0.161. The molecular weight excluding hydrogens is 194 g/mol. The molecule has 0 aromatic heterocycles. The number of hydrogen-bond donors (Lipinski definition) is 1. The predicted octanol–water partition coefficient (Wildman–Crippen LogP) is 2.36. The molecule has 1 rings (SSSR count). The Kier molecular flexibility index (Phi) is 5.76. The standard InChI is InChI=1S/C11H19NOS/c1-14-9-11(13)12-8-7-10-5-3-2-4-6-10/h5H,2-4,6-9H2,1H3,(H,12,13). The van der Waals surface area contributed by atoms with Crippen molar-refractivity contribution in [1.82, 2.24) is 5.32 Å². The molecule has 1 aliphatic carbocycles. The van der Waals surface area contributed by atoms with Crippen molar-refractivity contribution in [2.75, 3.05) is 18.6 Å². The molecule has 0 fully saturated rings. The van der Waals surface area contributed by atoms with Crippen molar-refractivity contribution < 1.29 is 4.79 Å². The summed E-state index contributed by atoms with van der Waals surface area (Å²) in [5.41, 5.74) is 1.53. The lowest BCUT2D eigenvalue weighted by Crippen LogP contribution is -2.26. The van der Waals surface area contributed by atoms with E-state index in [9.17, 15) is 4.79 Å². The number of carbonyl (C=O) groups excluding carboxylic acids is 1. The van der Waals surface area contributed by atoms with E-state index in [4.69, 9.17) is 0 Å². The van der Waals surface area contributed by atoms with E-state index >= 15 is 0 Å². The van der Waals surface area contributed by atoms with E-state index in [0.717, 1.165) is 13.0 Å². The largest absolute Gasteiger partial charge is 0.355 e. The molecule has 1 amide bonds. The molecule has 0 aromatic carbocycles. The van der Waals surface area contributed by atoms with Gasteiger partial charge in [-0.1, -0.05) is 11.6 Å². The molecule has 0 aliphatic heterocycles. The van der Waals surface area contributed by atoms with Crippen LogP contribution in [0.25, 0.3) is 0 Å². The van der Waals surface area contributed by atoms with Crippen LogP contribution in [0.1, 0.15) is 32.1 Å². The van der Waals surface area contributed by atoms with E-state index in [-0.39, 0.29) is 5.91 Å². The summed E-state index contributed by atoms with van der Waals surface area (Å²) in [5.74, 6) is 0.743. The molecule has 14 heavy (non-hydrogen) atoms. The summed E-state index contributed by atoms with van der Waals surface area (Å²) in [7, 11) is 0. The van der Waals surface area contributed by atoms with Crippen LogP contribution in [0.2, 0.25) is 0 Å². The highest BCUT2D eigenvalue weighted by Crippen LogP contribution is 2.19. The second-order valence-corrected chi connectivity index (χ2v) is 4.51. The van der Waals surface area contributed by atoms with Gasteiger partial charge in [0.2, 0.25) is 5.91 Å². The quantitative estimate of drug-likeness (QED) is 0.710. The number of nitrogens with one attached hydrogen (secondary N) is 1. The molecule has 0 saturated carbocycles. The lowest BCUT2D eigenvalue weighted by molar-refractivity contribution is -0.118. The van der Waals surface area contributed by atoms with Gasteiger partial charge in [0.05, 0.1) is 5.75 Å². The van der Waals surface area contributed by atoms with E-state index < -0.39 is 0 Å². The second kappa shape index (κ2) is 6.93. The predicted molar refractivity (Wildman–Crippen MR) is 62.6 cm³/mol. The highest BCUT2D eigenvalue weighted by molar-refractivity contribution is 7.99. The third kappa shape index (κ3) is 4.70.